The quantitative estimate of drug-likeness (QED) is 0.706. The minimum absolute atomic E-state index is 0.334. The molecule has 0 bridgehead atoms. The normalized spacial score (nSPS) is 16.9. The largest absolute Gasteiger partial charge is 0.393 e. The van der Waals surface area contributed by atoms with E-state index in [9.17, 15) is 0 Å². The fourth-order valence-electron chi connectivity index (χ4n) is 2.07. The number of piperidine rings is 1. The molecule has 1 saturated heterocycles. The number of hydrogen-bond donors (Lipinski definition) is 3. The van der Waals surface area contributed by atoms with E-state index in [1.165, 1.54) is 38.7 Å². The summed E-state index contributed by atoms with van der Waals surface area (Å²) in [6.07, 6.45) is 5.40. The molecule has 1 aliphatic heterocycles. The van der Waals surface area contributed by atoms with Crippen molar-refractivity contribution in [3.05, 3.63) is 6.33 Å². The van der Waals surface area contributed by atoms with Gasteiger partial charge >= 0.3 is 0 Å². The van der Waals surface area contributed by atoms with Crippen LogP contribution in [0.1, 0.15) is 19.3 Å². The Kier molecular flexibility index (Phi) is 3.98. The highest BCUT2D eigenvalue weighted by molar-refractivity contribution is 5.72. The van der Waals surface area contributed by atoms with Gasteiger partial charge in [-0.2, -0.15) is 0 Å². The molecule has 0 amide bonds. The fraction of sp³-hybridized carbons (Fsp3) is 0.636. The van der Waals surface area contributed by atoms with Crippen LogP contribution in [0.15, 0.2) is 6.33 Å². The summed E-state index contributed by atoms with van der Waals surface area (Å²) in [5.74, 6) is 0.968. The van der Waals surface area contributed by atoms with Crippen LogP contribution in [0.2, 0.25) is 0 Å². The summed E-state index contributed by atoms with van der Waals surface area (Å²) in [6, 6.07) is 0. The molecule has 6 heteroatoms. The van der Waals surface area contributed by atoms with E-state index in [-0.39, 0.29) is 0 Å². The molecular formula is C11H20N6. The summed E-state index contributed by atoms with van der Waals surface area (Å²) in [5.41, 5.74) is 11.8. The lowest BCUT2D eigenvalue weighted by molar-refractivity contribution is 0.237. The molecule has 6 nitrogen and oxygen atoms in total. The first-order valence-corrected chi connectivity index (χ1v) is 6.09. The summed E-state index contributed by atoms with van der Waals surface area (Å²) in [6.45, 7) is 4.25. The van der Waals surface area contributed by atoms with Crippen LogP contribution in [0.5, 0.6) is 0 Å². The lowest BCUT2D eigenvalue weighted by atomic mass is 10.1. The molecule has 0 radical (unpaired) electrons. The Bertz CT molecular complexity index is 361. The second-order valence-corrected chi connectivity index (χ2v) is 4.35. The average molecular weight is 236 g/mol. The molecule has 0 aromatic carbocycles. The Balaban J connectivity index is 1.79. The zero-order valence-electron chi connectivity index (χ0n) is 10.0. The molecule has 1 fully saturated rings. The fourth-order valence-corrected chi connectivity index (χ4v) is 2.07. The minimum atomic E-state index is 0.334. The molecule has 0 spiro atoms. The van der Waals surface area contributed by atoms with Crippen molar-refractivity contribution >= 4 is 17.3 Å². The molecular weight excluding hydrogens is 216 g/mol. The van der Waals surface area contributed by atoms with Gasteiger partial charge in [-0.25, -0.2) is 9.97 Å². The lowest BCUT2D eigenvalue weighted by Crippen LogP contribution is -2.33. The van der Waals surface area contributed by atoms with Crippen molar-refractivity contribution in [2.45, 2.75) is 19.3 Å². The average Bonchev–Trinajstić information content (AvgIpc) is 2.36. The van der Waals surface area contributed by atoms with Gasteiger partial charge in [0.2, 0.25) is 0 Å². The molecule has 0 saturated carbocycles. The Morgan fingerprint density at radius 1 is 1.18 bits per heavy atom. The number of nitrogens with zero attached hydrogens (tertiary/aromatic N) is 3. The second kappa shape index (κ2) is 5.67. The molecule has 1 aromatic heterocycles. The van der Waals surface area contributed by atoms with E-state index in [4.69, 9.17) is 11.5 Å². The van der Waals surface area contributed by atoms with Crippen LogP contribution in [0.25, 0.3) is 0 Å². The van der Waals surface area contributed by atoms with Gasteiger partial charge < -0.3 is 21.7 Å². The Morgan fingerprint density at radius 2 is 1.94 bits per heavy atom. The molecule has 5 N–H and O–H groups in total. The summed E-state index contributed by atoms with van der Waals surface area (Å²) >= 11 is 0. The van der Waals surface area contributed by atoms with Crippen molar-refractivity contribution < 1.29 is 0 Å². The minimum Gasteiger partial charge on any atom is -0.393 e. The van der Waals surface area contributed by atoms with E-state index >= 15 is 0 Å². The highest BCUT2D eigenvalue weighted by atomic mass is 15.2. The standard InChI is InChI=1S/C11H20N6/c12-9-10(13)15-8-16-11(9)14-4-7-17-5-2-1-3-6-17/h8H,1-7,12H2,(H3,13,14,15,16). The van der Waals surface area contributed by atoms with Gasteiger partial charge in [0.05, 0.1) is 0 Å². The summed E-state index contributed by atoms with van der Waals surface area (Å²) in [7, 11) is 0. The zero-order valence-corrected chi connectivity index (χ0v) is 10.0. The van der Waals surface area contributed by atoms with E-state index in [1.54, 1.807) is 0 Å². The van der Waals surface area contributed by atoms with Crippen molar-refractivity contribution in [3.63, 3.8) is 0 Å². The Labute approximate surface area is 101 Å². The van der Waals surface area contributed by atoms with E-state index in [1.807, 2.05) is 0 Å². The summed E-state index contributed by atoms with van der Waals surface area (Å²) in [5, 5.41) is 3.20. The maximum absolute atomic E-state index is 5.78. The van der Waals surface area contributed by atoms with Gasteiger partial charge in [0.15, 0.2) is 11.6 Å². The van der Waals surface area contributed by atoms with Crippen LogP contribution in [-0.4, -0.2) is 41.0 Å². The van der Waals surface area contributed by atoms with Gasteiger partial charge in [0.1, 0.15) is 12.0 Å². The number of nitrogens with two attached hydrogens (primary N) is 2. The molecule has 0 unspecified atom stereocenters. The maximum atomic E-state index is 5.78. The topological polar surface area (TPSA) is 93.1 Å². The smallest absolute Gasteiger partial charge is 0.154 e. The molecule has 1 aliphatic rings. The number of hydrogen-bond acceptors (Lipinski definition) is 6. The van der Waals surface area contributed by atoms with Crippen LogP contribution in [-0.2, 0) is 0 Å². The monoisotopic (exact) mass is 236 g/mol. The number of nitrogens with one attached hydrogen (secondary N) is 1. The first-order valence-electron chi connectivity index (χ1n) is 6.09. The second-order valence-electron chi connectivity index (χ2n) is 4.35. The highest BCUT2D eigenvalue weighted by Crippen LogP contribution is 2.18. The molecule has 2 rings (SSSR count). The van der Waals surface area contributed by atoms with Crippen LogP contribution < -0.4 is 16.8 Å². The van der Waals surface area contributed by atoms with Crippen LogP contribution >= 0.6 is 0 Å². The van der Waals surface area contributed by atoms with Crippen molar-refractivity contribution in [2.24, 2.45) is 0 Å². The van der Waals surface area contributed by atoms with E-state index in [0.717, 1.165) is 13.1 Å². The van der Waals surface area contributed by atoms with Crippen molar-refractivity contribution in [1.29, 1.82) is 0 Å². The summed E-state index contributed by atoms with van der Waals surface area (Å²) in [4.78, 5) is 10.4. The Hall–Kier alpha value is -1.56. The number of anilines is 3. The molecule has 0 aliphatic carbocycles. The van der Waals surface area contributed by atoms with Gasteiger partial charge in [-0.05, 0) is 25.9 Å². The Morgan fingerprint density at radius 3 is 2.71 bits per heavy atom. The SMILES string of the molecule is Nc1ncnc(NCCN2CCCCC2)c1N. The number of likely N-dealkylation sites (tertiary alicyclic amines) is 1. The van der Waals surface area contributed by atoms with Gasteiger partial charge in [-0.15, -0.1) is 0 Å². The molecule has 17 heavy (non-hydrogen) atoms. The van der Waals surface area contributed by atoms with Gasteiger partial charge in [0.25, 0.3) is 0 Å². The van der Waals surface area contributed by atoms with Crippen molar-refractivity contribution in [3.8, 4) is 0 Å². The van der Waals surface area contributed by atoms with E-state index in [0.29, 0.717) is 17.3 Å². The molecule has 1 aromatic rings. The predicted molar refractivity (Wildman–Crippen MR) is 69.6 cm³/mol. The molecule has 94 valence electrons. The molecule has 2 heterocycles. The third-order valence-corrected chi connectivity index (χ3v) is 3.08. The van der Waals surface area contributed by atoms with Crippen LogP contribution in [0.4, 0.5) is 17.3 Å². The maximum Gasteiger partial charge on any atom is 0.154 e. The highest BCUT2D eigenvalue weighted by Gasteiger charge is 2.10. The van der Waals surface area contributed by atoms with Gasteiger partial charge in [0, 0.05) is 13.1 Å². The lowest BCUT2D eigenvalue weighted by Gasteiger charge is -2.26. The van der Waals surface area contributed by atoms with Crippen LogP contribution in [0, 0.1) is 0 Å². The number of nitrogen functional groups attached to an aromatic ring is 2. The van der Waals surface area contributed by atoms with Crippen molar-refractivity contribution in [1.82, 2.24) is 14.9 Å². The number of rotatable bonds is 4. The van der Waals surface area contributed by atoms with Crippen LogP contribution in [0.3, 0.4) is 0 Å². The first kappa shape index (κ1) is 11.9. The predicted octanol–water partition coefficient (Wildman–Crippen LogP) is 0.539. The third-order valence-electron chi connectivity index (χ3n) is 3.08. The summed E-state index contributed by atoms with van der Waals surface area (Å²) < 4.78 is 0. The first-order chi connectivity index (χ1) is 8.27. The third kappa shape index (κ3) is 3.20. The van der Waals surface area contributed by atoms with Gasteiger partial charge in [-0.1, -0.05) is 6.42 Å². The van der Waals surface area contributed by atoms with Crippen molar-refractivity contribution in [2.75, 3.05) is 43.0 Å². The van der Waals surface area contributed by atoms with Gasteiger partial charge in [-0.3, -0.25) is 0 Å². The van der Waals surface area contributed by atoms with E-state index < -0.39 is 0 Å². The zero-order chi connectivity index (χ0) is 12.1. The molecule has 0 atom stereocenters. The number of aromatic nitrogens is 2. The van der Waals surface area contributed by atoms with E-state index in [2.05, 4.69) is 20.2 Å².